The second-order valence-electron chi connectivity index (χ2n) is 6.17. The predicted molar refractivity (Wildman–Crippen MR) is 101 cm³/mol. The monoisotopic (exact) mass is 400 g/mol. The van der Waals surface area contributed by atoms with E-state index in [0.29, 0.717) is 0 Å². The highest BCUT2D eigenvalue weighted by Crippen LogP contribution is 2.28. The van der Waals surface area contributed by atoms with Gasteiger partial charge in [-0.15, -0.1) is 0 Å². The fraction of sp³-hybridized carbons (Fsp3) is 0.556. The molecular weight excluding hydrogens is 372 g/mol. The van der Waals surface area contributed by atoms with Gasteiger partial charge in [0.1, 0.15) is 16.7 Å². The van der Waals surface area contributed by atoms with Crippen molar-refractivity contribution in [2.24, 2.45) is 5.92 Å². The number of sulfonamides is 1. The molecule has 27 heavy (non-hydrogen) atoms. The van der Waals surface area contributed by atoms with Crippen molar-refractivity contribution in [3.05, 3.63) is 23.8 Å². The molecule has 0 aliphatic rings. The maximum absolute atomic E-state index is 12.9. The Morgan fingerprint density at radius 3 is 2.19 bits per heavy atom. The molecule has 0 bridgehead atoms. The summed E-state index contributed by atoms with van der Waals surface area (Å²) in [5.41, 5.74) is 0.107. The van der Waals surface area contributed by atoms with Crippen molar-refractivity contribution in [3.63, 3.8) is 0 Å². The average molecular weight is 400 g/mol. The minimum absolute atomic E-state index is 0.0967. The summed E-state index contributed by atoms with van der Waals surface area (Å²) in [5, 5.41) is 2.59. The summed E-state index contributed by atoms with van der Waals surface area (Å²) in [5.74, 6) is -1.19. The number of hydrogen-bond acceptors (Lipinski definition) is 6. The Balaban J connectivity index is 3.32. The number of amides is 1. The number of methoxy groups -OCH3 is 2. The summed E-state index contributed by atoms with van der Waals surface area (Å²) in [6.07, 6.45) is 0. The lowest BCUT2D eigenvalue weighted by molar-refractivity contribution is -0.144. The summed E-state index contributed by atoms with van der Waals surface area (Å²) >= 11 is 0. The van der Waals surface area contributed by atoms with E-state index in [1.807, 2.05) is 0 Å². The van der Waals surface area contributed by atoms with Crippen LogP contribution in [0.3, 0.4) is 0 Å². The average Bonchev–Trinajstić information content (AvgIpc) is 2.65. The quantitative estimate of drug-likeness (QED) is 0.633. The molecule has 0 fully saturated rings. The van der Waals surface area contributed by atoms with Gasteiger partial charge < -0.3 is 14.8 Å². The van der Waals surface area contributed by atoms with Crippen molar-refractivity contribution in [1.29, 1.82) is 0 Å². The molecule has 0 unspecified atom stereocenters. The molecule has 0 aliphatic heterocycles. The number of carbonyl (C=O) groups excluding carboxylic acids is 2. The van der Waals surface area contributed by atoms with Crippen LogP contribution in [0.2, 0.25) is 0 Å². The van der Waals surface area contributed by atoms with Crippen LogP contribution < -0.4 is 10.1 Å². The molecule has 152 valence electrons. The molecule has 1 amide bonds. The van der Waals surface area contributed by atoms with Gasteiger partial charge in [0.05, 0.1) is 14.2 Å². The van der Waals surface area contributed by atoms with Crippen LogP contribution in [0.5, 0.6) is 5.75 Å². The van der Waals surface area contributed by atoms with E-state index in [2.05, 4.69) is 5.32 Å². The summed E-state index contributed by atoms with van der Waals surface area (Å²) in [7, 11) is -1.22. The highest BCUT2D eigenvalue weighted by molar-refractivity contribution is 7.89. The van der Waals surface area contributed by atoms with Gasteiger partial charge in [0.25, 0.3) is 5.91 Å². The zero-order valence-corrected chi connectivity index (χ0v) is 17.4. The van der Waals surface area contributed by atoms with Gasteiger partial charge in [0, 0.05) is 18.7 Å². The first-order chi connectivity index (χ1) is 12.6. The van der Waals surface area contributed by atoms with Gasteiger partial charge in [-0.3, -0.25) is 4.79 Å². The second kappa shape index (κ2) is 9.70. The van der Waals surface area contributed by atoms with E-state index < -0.39 is 27.9 Å². The van der Waals surface area contributed by atoms with Crippen LogP contribution in [0.1, 0.15) is 38.1 Å². The van der Waals surface area contributed by atoms with Crippen LogP contribution in [0.4, 0.5) is 0 Å². The highest BCUT2D eigenvalue weighted by atomic mass is 32.2. The van der Waals surface area contributed by atoms with Crippen molar-refractivity contribution in [1.82, 2.24) is 9.62 Å². The molecule has 9 heteroatoms. The fourth-order valence-corrected chi connectivity index (χ4v) is 4.21. The number of benzene rings is 1. The molecular formula is C18H28N2O6S. The first kappa shape index (κ1) is 22.9. The molecule has 0 aliphatic carbocycles. The Kier molecular flexibility index (Phi) is 8.23. The SMILES string of the molecule is CCN(CC)S(=O)(=O)c1cc(C(=O)N[C@H](C(=O)OC)C(C)C)ccc1OC. The van der Waals surface area contributed by atoms with Crippen LogP contribution in [0.25, 0.3) is 0 Å². The Bertz CT molecular complexity index is 772. The number of nitrogens with zero attached hydrogens (tertiary/aromatic N) is 1. The van der Waals surface area contributed by atoms with E-state index >= 15 is 0 Å². The minimum atomic E-state index is -3.83. The van der Waals surface area contributed by atoms with E-state index in [1.54, 1.807) is 27.7 Å². The van der Waals surface area contributed by atoms with Crippen LogP contribution in [0, 0.1) is 5.92 Å². The van der Waals surface area contributed by atoms with Crippen molar-refractivity contribution < 1.29 is 27.5 Å². The normalized spacial score (nSPS) is 12.7. The maximum atomic E-state index is 12.9. The van der Waals surface area contributed by atoms with Gasteiger partial charge in [0.15, 0.2) is 0 Å². The molecule has 0 saturated carbocycles. The zero-order valence-electron chi connectivity index (χ0n) is 16.6. The standard InChI is InChI=1S/C18H28N2O6S/c1-7-20(8-2)27(23,24)15-11-13(9-10-14(15)25-5)17(21)19-16(12(3)4)18(22)26-6/h9-12,16H,7-8H2,1-6H3,(H,19,21)/t16-/m0/s1. The number of hydrogen-bond donors (Lipinski definition) is 1. The second-order valence-corrected chi connectivity index (χ2v) is 8.08. The van der Waals surface area contributed by atoms with Gasteiger partial charge in [-0.25, -0.2) is 13.2 Å². The fourth-order valence-electron chi connectivity index (χ4n) is 2.57. The van der Waals surface area contributed by atoms with Gasteiger partial charge in [-0.2, -0.15) is 4.31 Å². The van der Waals surface area contributed by atoms with E-state index in [1.165, 1.54) is 36.7 Å². The first-order valence-electron chi connectivity index (χ1n) is 8.70. The van der Waals surface area contributed by atoms with Crippen LogP contribution in [-0.2, 0) is 19.6 Å². The summed E-state index contributed by atoms with van der Waals surface area (Å²) in [4.78, 5) is 24.4. The van der Waals surface area contributed by atoms with Gasteiger partial charge >= 0.3 is 5.97 Å². The van der Waals surface area contributed by atoms with E-state index in [4.69, 9.17) is 9.47 Å². The molecule has 1 rings (SSSR count). The molecule has 1 N–H and O–H groups in total. The first-order valence-corrected chi connectivity index (χ1v) is 10.1. The number of carbonyl (C=O) groups is 2. The van der Waals surface area contributed by atoms with Gasteiger partial charge in [-0.05, 0) is 24.1 Å². The van der Waals surface area contributed by atoms with Crippen molar-refractivity contribution in [2.75, 3.05) is 27.3 Å². The number of nitrogens with one attached hydrogen (secondary N) is 1. The zero-order chi connectivity index (χ0) is 20.8. The lowest BCUT2D eigenvalue weighted by Crippen LogP contribution is -2.45. The summed E-state index contributed by atoms with van der Waals surface area (Å²) < 4.78 is 36.9. The third-order valence-corrected chi connectivity index (χ3v) is 6.23. The Hall–Kier alpha value is -2.13. The van der Waals surface area contributed by atoms with Gasteiger partial charge in [0.2, 0.25) is 10.0 Å². The third kappa shape index (κ3) is 5.20. The van der Waals surface area contributed by atoms with Crippen LogP contribution in [0.15, 0.2) is 23.1 Å². The maximum Gasteiger partial charge on any atom is 0.328 e. The lowest BCUT2D eigenvalue weighted by atomic mass is 10.0. The van der Waals surface area contributed by atoms with E-state index in [-0.39, 0.29) is 35.2 Å². The number of rotatable bonds is 9. The molecule has 0 aromatic heterocycles. The van der Waals surface area contributed by atoms with Crippen molar-refractivity contribution >= 4 is 21.9 Å². The van der Waals surface area contributed by atoms with Crippen LogP contribution in [-0.4, -0.2) is 58.0 Å². The molecule has 0 spiro atoms. The molecule has 8 nitrogen and oxygen atoms in total. The minimum Gasteiger partial charge on any atom is -0.495 e. The molecule has 1 atom stereocenters. The molecule has 1 aromatic carbocycles. The smallest absolute Gasteiger partial charge is 0.328 e. The molecule has 0 radical (unpaired) electrons. The predicted octanol–water partition coefficient (Wildman–Crippen LogP) is 1.65. The van der Waals surface area contributed by atoms with E-state index in [0.717, 1.165) is 0 Å². The molecule has 0 saturated heterocycles. The molecule has 0 heterocycles. The van der Waals surface area contributed by atoms with Crippen molar-refractivity contribution in [3.8, 4) is 5.75 Å². The van der Waals surface area contributed by atoms with Crippen molar-refractivity contribution in [2.45, 2.75) is 38.6 Å². The highest BCUT2D eigenvalue weighted by Gasteiger charge is 2.29. The van der Waals surface area contributed by atoms with Gasteiger partial charge in [-0.1, -0.05) is 27.7 Å². The largest absolute Gasteiger partial charge is 0.495 e. The van der Waals surface area contributed by atoms with E-state index in [9.17, 15) is 18.0 Å². The van der Waals surface area contributed by atoms with Crippen LogP contribution >= 0.6 is 0 Å². The Morgan fingerprint density at radius 2 is 1.74 bits per heavy atom. The molecule has 1 aromatic rings. The third-order valence-electron chi connectivity index (χ3n) is 4.16. The topological polar surface area (TPSA) is 102 Å². The number of esters is 1. The summed E-state index contributed by atoms with van der Waals surface area (Å²) in [6.45, 7) is 7.58. The Labute approximate surface area is 160 Å². The Morgan fingerprint density at radius 1 is 1.15 bits per heavy atom. The lowest BCUT2D eigenvalue weighted by Gasteiger charge is -2.22. The number of ether oxygens (including phenoxy) is 2. The summed E-state index contributed by atoms with van der Waals surface area (Å²) in [6, 6.07) is 3.29.